The minimum Gasteiger partial charge on any atom is -0.366 e. The summed E-state index contributed by atoms with van der Waals surface area (Å²) in [5, 5.41) is 4.52. The lowest BCUT2D eigenvalue weighted by Crippen LogP contribution is -2.14. The average molecular weight is 303 g/mol. The summed E-state index contributed by atoms with van der Waals surface area (Å²) in [6.07, 6.45) is 1.93. The standard InChI is InChI=1S/C16H21N3OS/c1-16(2,3)15-19-10-13(21-15)9-18-8-11-5-4-6-12(7-11)14(17)20/h4-7,10,18H,8-9H2,1-3H3,(H2,17,20). The van der Waals surface area contributed by atoms with Crippen LogP contribution < -0.4 is 11.1 Å². The average Bonchev–Trinajstić information content (AvgIpc) is 2.88. The molecule has 0 radical (unpaired) electrons. The SMILES string of the molecule is CC(C)(C)c1ncc(CNCc2cccc(C(N)=O)c2)s1. The lowest BCUT2D eigenvalue weighted by atomic mass is 9.98. The number of hydrogen-bond donors (Lipinski definition) is 2. The lowest BCUT2D eigenvalue weighted by molar-refractivity contribution is 0.1000. The molecule has 21 heavy (non-hydrogen) atoms. The molecule has 0 saturated carbocycles. The van der Waals surface area contributed by atoms with Crippen LogP contribution >= 0.6 is 11.3 Å². The van der Waals surface area contributed by atoms with Crippen molar-refractivity contribution in [2.45, 2.75) is 39.3 Å². The van der Waals surface area contributed by atoms with Crippen LogP contribution in [0.3, 0.4) is 0 Å². The van der Waals surface area contributed by atoms with E-state index in [0.29, 0.717) is 12.1 Å². The molecule has 1 amide bonds. The Balaban J connectivity index is 1.91. The Bertz CT molecular complexity index is 628. The third-order valence-electron chi connectivity index (χ3n) is 3.04. The first kappa shape index (κ1) is 15.7. The number of nitrogens with zero attached hydrogens (tertiary/aromatic N) is 1. The number of aromatic nitrogens is 1. The number of nitrogens with two attached hydrogens (primary N) is 1. The third-order valence-corrected chi connectivity index (χ3v) is 4.46. The van der Waals surface area contributed by atoms with Crippen LogP contribution in [0.15, 0.2) is 30.5 Å². The van der Waals surface area contributed by atoms with Crippen LogP contribution in [-0.4, -0.2) is 10.9 Å². The smallest absolute Gasteiger partial charge is 0.248 e. The lowest BCUT2D eigenvalue weighted by Gasteiger charge is -2.13. The minimum atomic E-state index is -0.394. The molecule has 4 nitrogen and oxygen atoms in total. The maximum atomic E-state index is 11.1. The van der Waals surface area contributed by atoms with Gasteiger partial charge < -0.3 is 11.1 Å². The van der Waals surface area contributed by atoms with Gasteiger partial charge in [-0.05, 0) is 17.7 Å². The van der Waals surface area contributed by atoms with Crippen LogP contribution in [0.2, 0.25) is 0 Å². The van der Waals surface area contributed by atoms with Gasteiger partial charge in [0.2, 0.25) is 5.91 Å². The van der Waals surface area contributed by atoms with Crippen LogP contribution in [0, 0.1) is 0 Å². The molecule has 3 N–H and O–H groups in total. The van der Waals surface area contributed by atoms with E-state index >= 15 is 0 Å². The summed E-state index contributed by atoms with van der Waals surface area (Å²) < 4.78 is 0. The first-order valence-corrected chi connectivity index (χ1v) is 7.72. The highest BCUT2D eigenvalue weighted by Crippen LogP contribution is 2.26. The van der Waals surface area contributed by atoms with E-state index in [1.807, 2.05) is 24.4 Å². The number of benzene rings is 1. The van der Waals surface area contributed by atoms with Gasteiger partial charge in [0, 0.05) is 35.1 Å². The molecule has 2 aromatic rings. The van der Waals surface area contributed by atoms with Crippen molar-refractivity contribution < 1.29 is 4.79 Å². The highest BCUT2D eigenvalue weighted by atomic mass is 32.1. The van der Waals surface area contributed by atoms with Gasteiger partial charge in [-0.1, -0.05) is 32.9 Å². The number of carbonyl (C=O) groups excluding carboxylic acids is 1. The molecule has 1 heterocycles. The van der Waals surface area contributed by atoms with Crippen molar-refractivity contribution in [3.8, 4) is 0 Å². The van der Waals surface area contributed by atoms with Crippen molar-refractivity contribution in [2.24, 2.45) is 5.73 Å². The molecular weight excluding hydrogens is 282 g/mol. The molecule has 2 rings (SSSR count). The highest BCUT2D eigenvalue weighted by molar-refractivity contribution is 7.11. The Morgan fingerprint density at radius 1 is 1.33 bits per heavy atom. The topological polar surface area (TPSA) is 68.0 Å². The van der Waals surface area contributed by atoms with Gasteiger partial charge in [-0.3, -0.25) is 4.79 Å². The zero-order chi connectivity index (χ0) is 15.5. The molecule has 0 aliphatic rings. The van der Waals surface area contributed by atoms with Gasteiger partial charge in [-0.15, -0.1) is 11.3 Å². The fraction of sp³-hybridized carbons (Fsp3) is 0.375. The maximum absolute atomic E-state index is 11.1. The summed E-state index contributed by atoms with van der Waals surface area (Å²) in [7, 11) is 0. The summed E-state index contributed by atoms with van der Waals surface area (Å²) >= 11 is 1.74. The van der Waals surface area contributed by atoms with Gasteiger partial charge >= 0.3 is 0 Å². The van der Waals surface area contributed by atoms with Crippen LogP contribution in [-0.2, 0) is 18.5 Å². The quantitative estimate of drug-likeness (QED) is 0.892. The van der Waals surface area contributed by atoms with E-state index in [0.717, 1.165) is 17.1 Å². The summed E-state index contributed by atoms with van der Waals surface area (Å²) in [6.45, 7) is 7.97. The van der Waals surface area contributed by atoms with E-state index in [4.69, 9.17) is 5.73 Å². The molecule has 0 fully saturated rings. The second-order valence-electron chi connectivity index (χ2n) is 6.05. The number of primary amides is 1. The molecule has 5 heteroatoms. The van der Waals surface area contributed by atoms with E-state index in [9.17, 15) is 4.79 Å². The van der Waals surface area contributed by atoms with Crippen molar-refractivity contribution in [1.82, 2.24) is 10.3 Å². The van der Waals surface area contributed by atoms with Crippen LogP contribution in [0.4, 0.5) is 0 Å². The maximum Gasteiger partial charge on any atom is 0.248 e. The largest absolute Gasteiger partial charge is 0.366 e. The highest BCUT2D eigenvalue weighted by Gasteiger charge is 2.17. The van der Waals surface area contributed by atoms with Crippen molar-refractivity contribution >= 4 is 17.2 Å². The molecule has 0 saturated heterocycles. The van der Waals surface area contributed by atoms with Crippen LogP contribution in [0.5, 0.6) is 0 Å². The molecule has 0 spiro atoms. The Morgan fingerprint density at radius 2 is 2.10 bits per heavy atom. The summed E-state index contributed by atoms with van der Waals surface area (Å²) in [4.78, 5) is 16.8. The molecule has 1 aromatic carbocycles. The van der Waals surface area contributed by atoms with E-state index in [1.165, 1.54) is 4.88 Å². The fourth-order valence-corrected chi connectivity index (χ4v) is 2.84. The number of hydrogen-bond acceptors (Lipinski definition) is 4. The molecule has 0 atom stereocenters. The van der Waals surface area contributed by atoms with Crippen LogP contribution in [0.1, 0.15) is 46.6 Å². The van der Waals surface area contributed by atoms with Gasteiger partial charge in [-0.25, -0.2) is 4.98 Å². The van der Waals surface area contributed by atoms with E-state index in [1.54, 1.807) is 17.4 Å². The van der Waals surface area contributed by atoms with Gasteiger partial charge in [0.25, 0.3) is 0 Å². The van der Waals surface area contributed by atoms with Crippen LogP contribution in [0.25, 0.3) is 0 Å². The van der Waals surface area contributed by atoms with E-state index in [-0.39, 0.29) is 5.41 Å². The normalized spacial score (nSPS) is 11.6. The Kier molecular flexibility index (Phi) is 4.75. The predicted octanol–water partition coefficient (Wildman–Crippen LogP) is 2.83. The number of thiazole rings is 1. The number of rotatable bonds is 5. The summed E-state index contributed by atoms with van der Waals surface area (Å²) in [5.74, 6) is -0.394. The Hall–Kier alpha value is -1.72. The second kappa shape index (κ2) is 6.37. The molecule has 112 valence electrons. The van der Waals surface area contributed by atoms with E-state index < -0.39 is 5.91 Å². The monoisotopic (exact) mass is 303 g/mol. The fourth-order valence-electron chi connectivity index (χ4n) is 1.90. The number of carbonyl (C=O) groups is 1. The second-order valence-corrected chi connectivity index (χ2v) is 7.17. The predicted molar refractivity (Wildman–Crippen MR) is 86.3 cm³/mol. The molecular formula is C16H21N3OS. The molecule has 0 aliphatic carbocycles. The zero-order valence-electron chi connectivity index (χ0n) is 12.6. The van der Waals surface area contributed by atoms with Gasteiger partial charge in [0.15, 0.2) is 0 Å². The van der Waals surface area contributed by atoms with Crippen molar-refractivity contribution in [1.29, 1.82) is 0 Å². The Labute approximate surface area is 129 Å². The molecule has 0 unspecified atom stereocenters. The van der Waals surface area contributed by atoms with Crippen molar-refractivity contribution in [3.05, 3.63) is 51.5 Å². The summed E-state index contributed by atoms with van der Waals surface area (Å²) in [6, 6.07) is 7.38. The summed E-state index contributed by atoms with van der Waals surface area (Å²) in [5.41, 5.74) is 6.97. The molecule has 0 aliphatic heterocycles. The molecule has 0 bridgehead atoms. The van der Waals surface area contributed by atoms with Gasteiger partial charge in [-0.2, -0.15) is 0 Å². The Morgan fingerprint density at radius 3 is 2.71 bits per heavy atom. The van der Waals surface area contributed by atoms with Gasteiger partial charge in [0.1, 0.15) is 0 Å². The first-order chi connectivity index (χ1) is 9.86. The number of amides is 1. The minimum absolute atomic E-state index is 0.0960. The zero-order valence-corrected chi connectivity index (χ0v) is 13.5. The van der Waals surface area contributed by atoms with Gasteiger partial charge in [0.05, 0.1) is 5.01 Å². The first-order valence-electron chi connectivity index (χ1n) is 6.91. The third kappa shape index (κ3) is 4.37. The molecule has 1 aromatic heterocycles. The van der Waals surface area contributed by atoms with Crippen molar-refractivity contribution in [2.75, 3.05) is 0 Å². The van der Waals surface area contributed by atoms with E-state index in [2.05, 4.69) is 31.1 Å². The number of nitrogens with one attached hydrogen (secondary N) is 1. The van der Waals surface area contributed by atoms with Crippen molar-refractivity contribution in [3.63, 3.8) is 0 Å².